The summed E-state index contributed by atoms with van der Waals surface area (Å²) in [7, 11) is -3.75. The van der Waals surface area contributed by atoms with Crippen molar-refractivity contribution in [2.24, 2.45) is 0 Å². The zero-order valence-electron chi connectivity index (χ0n) is 20.5. The average molecular weight is 474 g/mol. The molecule has 2 aromatic rings. The van der Waals surface area contributed by atoms with Gasteiger partial charge in [-0.25, -0.2) is 8.42 Å². The Morgan fingerprint density at radius 2 is 1.64 bits per heavy atom. The van der Waals surface area contributed by atoms with Crippen LogP contribution in [-0.4, -0.2) is 50.0 Å². The molecule has 0 aliphatic rings. The van der Waals surface area contributed by atoms with Crippen LogP contribution in [-0.2, 0) is 26.2 Å². The first-order chi connectivity index (χ1) is 15.3. The standard InChI is InChI=1S/C25H35N3O4S/c1-17(2)26-25(30)21(6)27(15-22-12-8-10-18(3)14-22)24(29)16-28(33(7,31)32)23-13-9-11-19(4)20(23)5/h8-14,17,21H,15-16H2,1-7H3,(H,26,30)/t21-/m1/s1. The van der Waals surface area contributed by atoms with Crippen LogP contribution in [0.3, 0.4) is 0 Å². The van der Waals surface area contributed by atoms with Crippen LogP contribution in [0.2, 0.25) is 0 Å². The van der Waals surface area contributed by atoms with Gasteiger partial charge in [0.1, 0.15) is 12.6 Å². The molecule has 1 atom stereocenters. The lowest BCUT2D eigenvalue weighted by Crippen LogP contribution is -2.52. The highest BCUT2D eigenvalue weighted by atomic mass is 32.2. The molecule has 2 rings (SSSR count). The number of nitrogens with zero attached hydrogens (tertiary/aromatic N) is 2. The molecular weight excluding hydrogens is 438 g/mol. The Morgan fingerprint density at radius 3 is 2.21 bits per heavy atom. The molecule has 0 radical (unpaired) electrons. The molecular formula is C25H35N3O4S. The van der Waals surface area contributed by atoms with E-state index in [0.717, 1.165) is 32.8 Å². The number of benzene rings is 2. The zero-order chi connectivity index (χ0) is 24.9. The predicted octanol–water partition coefficient (Wildman–Crippen LogP) is 3.32. The van der Waals surface area contributed by atoms with Gasteiger partial charge in [0.05, 0.1) is 11.9 Å². The van der Waals surface area contributed by atoms with E-state index >= 15 is 0 Å². The Balaban J connectivity index is 2.44. The van der Waals surface area contributed by atoms with Crippen molar-refractivity contribution in [2.45, 2.75) is 60.2 Å². The van der Waals surface area contributed by atoms with Crippen molar-refractivity contribution < 1.29 is 18.0 Å². The largest absolute Gasteiger partial charge is 0.352 e. The lowest BCUT2D eigenvalue weighted by molar-refractivity contribution is -0.139. The molecule has 7 nitrogen and oxygen atoms in total. The summed E-state index contributed by atoms with van der Waals surface area (Å²) in [6.45, 7) is 10.8. The maximum absolute atomic E-state index is 13.5. The summed E-state index contributed by atoms with van der Waals surface area (Å²) in [5, 5.41) is 2.84. The summed E-state index contributed by atoms with van der Waals surface area (Å²) in [5.74, 6) is -0.738. The number of amides is 2. The molecule has 0 aliphatic carbocycles. The van der Waals surface area contributed by atoms with E-state index in [9.17, 15) is 18.0 Å². The minimum atomic E-state index is -3.75. The zero-order valence-corrected chi connectivity index (χ0v) is 21.4. The summed E-state index contributed by atoms with van der Waals surface area (Å²) in [4.78, 5) is 27.7. The van der Waals surface area contributed by atoms with Gasteiger partial charge in [0.15, 0.2) is 0 Å². The molecule has 180 valence electrons. The number of sulfonamides is 1. The van der Waals surface area contributed by atoms with E-state index < -0.39 is 28.5 Å². The minimum absolute atomic E-state index is 0.0849. The van der Waals surface area contributed by atoms with E-state index in [1.807, 2.05) is 65.0 Å². The van der Waals surface area contributed by atoms with Crippen molar-refractivity contribution in [3.8, 4) is 0 Å². The van der Waals surface area contributed by atoms with E-state index in [2.05, 4.69) is 5.32 Å². The lowest BCUT2D eigenvalue weighted by atomic mass is 10.1. The van der Waals surface area contributed by atoms with E-state index in [4.69, 9.17) is 0 Å². The molecule has 0 spiro atoms. The minimum Gasteiger partial charge on any atom is -0.352 e. The number of rotatable bonds is 9. The molecule has 0 aromatic heterocycles. The maximum Gasteiger partial charge on any atom is 0.244 e. The van der Waals surface area contributed by atoms with Gasteiger partial charge in [-0.15, -0.1) is 0 Å². The Bertz CT molecular complexity index is 1110. The van der Waals surface area contributed by atoms with Crippen LogP contribution in [0.5, 0.6) is 0 Å². The molecule has 0 heterocycles. The second-order valence-electron chi connectivity index (χ2n) is 8.84. The van der Waals surface area contributed by atoms with Gasteiger partial charge >= 0.3 is 0 Å². The number of nitrogens with one attached hydrogen (secondary N) is 1. The smallest absolute Gasteiger partial charge is 0.244 e. The SMILES string of the molecule is Cc1cccc(CN(C(=O)CN(c2cccc(C)c2C)S(C)(=O)=O)[C@H](C)C(=O)NC(C)C)c1. The van der Waals surface area contributed by atoms with Gasteiger partial charge in [0.25, 0.3) is 0 Å². The van der Waals surface area contributed by atoms with Gasteiger partial charge in [0, 0.05) is 12.6 Å². The highest BCUT2D eigenvalue weighted by Gasteiger charge is 2.30. The van der Waals surface area contributed by atoms with Crippen LogP contribution in [0.15, 0.2) is 42.5 Å². The molecule has 1 N–H and O–H groups in total. The van der Waals surface area contributed by atoms with Gasteiger partial charge in [-0.2, -0.15) is 0 Å². The Labute approximate surface area is 197 Å². The summed E-state index contributed by atoms with van der Waals surface area (Å²) in [5.41, 5.74) is 4.07. The first-order valence-electron chi connectivity index (χ1n) is 11.0. The Morgan fingerprint density at radius 1 is 1.00 bits per heavy atom. The molecule has 0 fully saturated rings. The first-order valence-corrected chi connectivity index (χ1v) is 12.9. The van der Waals surface area contributed by atoms with Crippen LogP contribution in [0.25, 0.3) is 0 Å². The number of aryl methyl sites for hydroxylation is 2. The molecule has 2 amide bonds. The van der Waals surface area contributed by atoms with Crippen LogP contribution >= 0.6 is 0 Å². The van der Waals surface area contributed by atoms with E-state index in [1.54, 1.807) is 19.1 Å². The fourth-order valence-electron chi connectivity index (χ4n) is 3.60. The summed E-state index contributed by atoms with van der Waals surface area (Å²) < 4.78 is 26.5. The second-order valence-corrected chi connectivity index (χ2v) is 10.7. The van der Waals surface area contributed by atoms with Crippen LogP contribution < -0.4 is 9.62 Å². The van der Waals surface area contributed by atoms with Crippen LogP contribution in [0.1, 0.15) is 43.0 Å². The molecule has 0 aliphatic heterocycles. The fourth-order valence-corrected chi connectivity index (χ4v) is 4.50. The molecule has 33 heavy (non-hydrogen) atoms. The average Bonchev–Trinajstić information content (AvgIpc) is 2.70. The molecule has 2 aromatic carbocycles. The van der Waals surface area contributed by atoms with E-state index in [-0.39, 0.29) is 18.5 Å². The van der Waals surface area contributed by atoms with Gasteiger partial charge in [-0.1, -0.05) is 42.0 Å². The Kier molecular flexibility index (Phi) is 8.66. The summed E-state index contributed by atoms with van der Waals surface area (Å²) in [6, 6.07) is 12.2. The van der Waals surface area contributed by atoms with Crippen molar-refractivity contribution in [1.82, 2.24) is 10.2 Å². The van der Waals surface area contributed by atoms with Gasteiger partial charge in [-0.3, -0.25) is 13.9 Å². The number of carbonyl (C=O) groups is 2. The summed E-state index contributed by atoms with van der Waals surface area (Å²) in [6.07, 6.45) is 1.09. The number of hydrogen-bond donors (Lipinski definition) is 1. The highest BCUT2D eigenvalue weighted by molar-refractivity contribution is 7.92. The van der Waals surface area contributed by atoms with Crippen molar-refractivity contribution >= 4 is 27.5 Å². The molecule has 0 saturated heterocycles. The maximum atomic E-state index is 13.5. The number of anilines is 1. The van der Waals surface area contributed by atoms with Gasteiger partial charge in [0.2, 0.25) is 21.8 Å². The van der Waals surface area contributed by atoms with Gasteiger partial charge in [-0.05, 0) is 64.3 Å². The van der Waals surface area contributed by atoms with Crippen molar-refractivity contribution in [2.75, 3.05) is 17.1 Å². The van der Waals surface area contributed by atoms with Crippen LogP contribution in [0.4, 0.5) is 5.69 Å². The quantitative estimate of drug-likeness (QED) is 0.605. The normalized spacial score (nSPS) is 12.4. The lowest BCUT2D eigenvalue weighted by Gasteiger charge is -2.32. The van der Waals surface area contributed by atoms with Gasteiger partial charge < -0.3 is 10.2 Å². The third-order valence-electron chi connectivity index (χ3n) is 5.56. The Hall–Kier alpha value is -2.87. The molecule has 0 saturated carbocycles. The van der Waals surface area contributed by atoms with Crippen molar-refractivity contribution in [1.29, 1.82) is 0 Å². The van der Waals surface area contributed by atoms with Crippen molar-refractivity contribution in [3.63, 3.8) is 0 Å². The number of hydrogen-bond acceptors (Lipinski definition) is 4. The summed E-state index contributed by atoms with van der Waals surface area (Å²) >= 11 is 0. The fraction of sp³-hybridized carbons (Fsp3) is 0.440. The van der Waals surface area contributed by atoms with E-state index in [0.29, 0.717) is 5.69 Å². The number of carbonyl (C=O) groups excluding carboxylic acids is 2. The third-order valence-corrected chi connectivity index (χ3v) is 6.68. The highest BCUT2D eigenvalue weighted by Crippen LogP contribution is 2.25. The molecule has 0 bridgehead atoms. The monoisotopic (exact) mass is 473 g/mol. The second kappa shape index (κ2) is 10.8. The van der Waals surface area contributed by atoms with E-state index in [1.165, 1.54) is 4.90 Å². The van der Waals surface area contributed by atoms with Crippen LogP contribution in [0, 0.1) is 20.8 Å². The molecule has 0 unspecified atom stereocenters. The molecule has 8 heteroatoms. The third kappa shape index (κ3) is 7.05. The predicted molar refractivity (Wildman–Crippen MR) is 133 cm³/mol. The first kappa shape index (κ1) is 26.4. The topological polar surface area (TPSA) is 86.8 Å². The van der Waals surface area contributed by atoms with Crippen molar-refractivity contribution in [3.05, 3.63) is 64.7 Å².